The molecule has 0 aliphatic rings. The number of carbonyl (C=O) groups is 3. The van der Waals surface area contributed by atoms with Gasteiger partial charge in [0.1, 0.15) is 13.2 Å². The fourth-order valence-corrected chi connectivity index (χ4v) is 7.88. The highest BCUT2D eigenvalue weighted by atomic mass is 16.6. The van der Waals surface area contributed by atoms with Crippen LogP contribution in [0, 0.1) is 0 Å². The maximum atomic E-state index is 12.8. The Balaban J connectivity index is 4.58. The monoisotopic (exact) mass is 1010 g/mol. The van der Waals surface area contributed by atoms with E-state index in [0.29, 0.717) is 19.3 Å². The van der Waals surface area contributed by atoms with Crippen molar-refractivity contribution < 1.29 is 28.6 Å². The summed E-state index contributed by atoms with van der Waals surface area (Å²) in [6, 6.07) is 0. The molecule has 73 heavy (non-hydrogen) atoms. The van der Waals surface area contributed by atoms with Gasteiger partial charge in [0.2, 0.25) is 0 Å². The summed E-state index contributed by atoms with van der Waals surface area (Å²) in [6.07, 6.45) is 83.5. The fourth-order valence-electron chi connectivity index (χ4n) is 7.88. The topological polar surface area (TPSA) is 78.9 Å². The molecule has 0 aliphatic heterocycles. The minimum Gasteiger partial charge on any atom is -0.462 e. The summed E-state index contributed by atoms with van der Waals surface area (Å²) in [4.78, 5) is 38.2. The number of unbranched alkanes of at least 4 members (excludes halogenated alkanes) is 22. The summed E-state index contributed by atoms with van der Waals surface area (Å²) in [5.74, 6) is -1.07. The van der Waals surface area contributed by atoms with Crippen LogP contribution in [-0.2, 0) is 28.6 Å². The molecule has 0 heterocycles. The highest BCUT2D eigenvalue weighted by Crippen LogP contribution is 2.14. The van der Waals surface area contributed by atoms with Crippen LogP contribution in [0.4, 0.5) is 0 Å². The van der Waals surface area contributed by atoms with Gasteiger partial charge in [0.15, 0.2) is 6.10 Å². The quantitative estimate of drug-likeness (QED) is 0.0261. The summed E-state index contributed by atoms with van der Waals surface area (Å²) in [5.41, 5.74) is 0. The van der Waals surface area contributed by atoms with Gasteiger partial charge >= 0.3 is 17.9 Å². The number of ether oxygens (including phenoxy) is 3. The molecule has 1 atom stereocenters. The Morgan fingerprint density at radius 2 is 0.534 bits per heavy atom. The lowest BCUT2D eigenvalue weighted by Crippen LogP contribution is -2.30. The van der Waals surface area contributed by atoms with E-state index in [-0.39, 0.29) is 38.0 Å². The zero-order valence-corrected chi connectivity index (χ0v) is 47.4. The van der Waals surface area contributed by atoms with Crippen molar-refractivity contribution in [2.24, 2.45) is 0 Å². The van der Waals surface area contributed by atoms with Gasteiger partial charge < -0.3 is 14.2 Å². The van der Waals surface area contributed by atoms with Crippen LogP contribution in [0.1, 0.15) is 265 Å². The van der Waals surface area contributed by atoms with Crippen molar-refractivity contribution in [2.45, 2.75) is 271 Å². The molecule has 0 rings (SSSR count). The second kappa shape index (κ2) is 60.4. The Bertz CT molecular complexity index is 1540. The van der Waals surface area contributed by atoms with Gasteiger partial charge in [-0.3, -0.25) is 14.4 Å². The first-order valence-corrected chi connectivity index (χ1v) is 30.0. The molecule has 6 nitrogen and oxygen atoms in total. The number of hydrogen-bond donors (Lipinski definition) is 0. The number of carbonyl (C=O) groups excluding carboxylic acids is 3. The van der Waals surface area contributed by atoms with Crippen molar-refractivity contribution in [3.8, 4) is 0 Å². The molecule has 0 amide bonds. The Morgan fingerprint density at radius 3 is 0.918 bits per heavy atom. The van der Waals surface area contributed by atoms with E-state index in [1.165, 1.54) is 141 Å². The van der Waals surface area contributed by atoms with Crippen LogP contribution in [0.3, 0.4) is 0 Å². The molecule has 0 spiro atoms. The summed E-state index contributed by atoms with van der Waals surface area (Å²) < 4.78 is 16.8. The van der Waals surface area contributed by atoms with Crippen LogP contribution in [0.2, 0.25) is 0 Å². The van der Waals surface area contributed by atoms with Crippen LogP contribution in [-0.4, -0.2) is 37.2 Å². The highest BCUT2D eigenvalue weighted by molar-refractivity contribution is 5.71. The third-order valence-electron chi connectivity index (χ3n) is 12.4. The lowest BCUT2D eigenvalue weighted by Gasteiger charge is -2.18. The first-order chi connectivity index (χ1) is 36.0. The first kappa shape index (κ1) is 68.8. The Kier molecular flexibility index (Phi) is 56.9. The molecule has 0 N–H and O–H groups in total. The van der Waals surface area contributed by atoms with Gasteiger partial charge in [-0.25, -0.2) is 0 Å². The standard InChI is InChI=1S/C67H110O6/c1-4-7-10-13-16-19-22-25-28-31-33-36-39-42-45-48-51-54-57-60-66(69)72-63-64(62-71-65(68)59-56-53-50-47-44-41-38-35-30-27-24-21-18-15-12-9-6-3)73-67(70)61-58-55-52-49-46-43-40-37-34-32-29-26-23-20-17-14-11-8-5-2/h17-18,20-21,25-30,34,37-38,41,43,46-47,50,52,55,64H,4-16,19,22-24,31-33,35-36,39-40,42,44-45,48-49,51,53-54,56-63H2,1-3H3/b20-17-,21-18-,28-25-,29-26-,30-27-,37-34-,41-38-,46-43-,50-47-,55-52-/t64-/m1/s1. The van der Waals surface area contributed by atoms with Gasteiger partial charge in [-0.2, -0.15) is 0 Å². The number of allylic oxidation sites excluding steroid dienone is 20. The predicted octanol–water partition coefficient (Wildman–Crippen LogP) is 20.4. The fraction of sp³-hybridized carbons (Fsp3) is 0.657. The summed E-state index contributed by atoms with van der Waals surface area (Å²) in [7, 11) is 0. The van der Waals surface area contributed by atoms with E-state index < -0.39 is 12.1 Å². The van der Waals surface area contributed by atoms with Crippen molar-refractivity contribution in [3.05, 3.63) is 122 Å². The van der Waals surface area contributed by atoms with Gasteiger partial charge in [0.05, 0.1) is 0 Å². The second-order valence-corrected chi connectivity index (χ2v) is 19.5. The molecular weight excluding hydrogens is 901 g/mol. The Hall–Kier alpha value is -4.19. The Labute approximate surface area is 450 Å². The van der Waals surface area contributed by atoms with E-state index >= 15 is 0 Å². The molecule has 0 saturated heterocycles. The molecule has 0 aromatic rings. The van der Waals surface area contributed by atoms with E-state index in [1.54, 1.807) is 0 Å². The van der Waals surface area contributed by atoms with Crippen molar-refractivity contribution in [2.75, 3.05) is 13.2 Å². The molecule has 0 aromatic carbocycles. The summed E-state index contributed by atoms with van der Waals surface area (Å²) in [5, 5.41) is 0. The molecule has 0 aliphatic carbocycles. The van der Waals surface area contributed by atoms with Gasteiger partial charge in [-0.15, -0.1) is 0 Å². The largest absolute Gasteiger partial charge is 0.462 e. The maximum absolute atomic E-state index is 12.8. The van der Waals surface area contributed by atoms with Crippen molar-refractivity contribution in [1.82, 2.24) is 0 Å². The number of hydrogen-bond acceptors (Lipinski definition) is 6. The second-order valence-electron chi connectivity index (χ2n) is 19.5. The number of esters is 3. The third-order valence-corrected chi connectivity index (χ3v) is 12.4. The molecular formula is C67H110O6. The predicted molar refractivity (Wildman–Crippen MR) is 316 cm³/mol. The Morgan fingerprint density at radius 1 is 0.274 bits per heavy atom. The van der Waals surface area contributed by atoms with Crippen molar-refractivity contribution in [3.63, 3.8) is 0 Å². The summed E-state index contributed by atoms with van der Waals surface area (Å²) >= 11 is 0. The molecule has 0 radical (unpaired) electrons. The van der Waals surface area contributed by atoms with Crippen LogP contribution in [0.5, 0.6) is 0 Å². The average Bonchev–Trinajstić information content (AvgIpc) is 3.39. The average molecular weight is 1010 g/mol. The smallest absolute Gasteiger partial charge is 0.306 e. The van der Waals surface area contributed by atoms with Gasteiger partial charge in [0.25, 0.3) is 0 Å². The molecule has 6 heteroatoms. The molecule has 0 fully saturated rings. The third kappa shape index (κ3) is 58.6. The van der Waals surface area contributed by atoms with Gasteiger partial charge in [-0.1, -0.05) is 245 Å². The van der Waals surface area contributed by atoms with Crippen LogP contribution in [0.25, 0.3) is 0 Å². The van der Waals surface area contributed by atoms with Gasteiger partial charge in [-0.05, 0) is 122 Å². The minimum absolute atomic E-state index is 0.128. The highest BCUT2D eigenvalue weighted by Gasteiger charge is 2.19. The van der Waals surface area contributed by atoms with Crippen molar-refractivity contribution >= 4 is 17.9 Å². The van der Waals surface area contributed by atoms with E-state index in [1.807, 2.05) is 12.2 Å². The van der Waals surface area contributed by atoms with E-state index in [2.05, 4.69) is 130 Å². The molecule has 0 unspecified atom stereocenters. The maximum Gasteiger partial charge on any atom is 0.306 e. The van der Waals surface area contributed by atoms with E-state index in [4.69, 9.17) is 14.2 Å². The minimum atomic E-state index is -0.845. The van der Waals surface area contributed by atoms with Crippen LogP contribution >= 0.6 is 0 Å². The lowest BCUT2D eigenvalue weighted by molar-refractivity contribution is -0.166. The molecule has 0 aromatic heterocycles. The van der Waals surface area contributed by atoms with E-state index in [0.717, 1.165) is 70.6 Å². The van der Waals surface area contributed by atoms with Crippen LogP contribution < -0.4 is 0 Å². The van der Waals surface area contributed by atoms with Gasteiger partial charge in [0, 0.05) is 19.3 Å². The zero-order chi connectivity index (χ0) is 52.9. The molecule has 414 valence electrons. The first-order valence-electron chi connectivity index (χ1n) is 30.0. The van der Waals surface area contributed by atoms with E-state index in [9.17, 15) is 14.4 Å². The molecule has 0 saturated carbocycles. The molecule has 0 bridgehead atoms. The van der Waals surface area contributed by atoms with Crippen LogP contribution in [0.15, 0.2) is 122 Å². The van der Waals surface area contributed by atoms with Crippen molar-refractivity contribution in [1.29, 1.82) is 0 Å². The lowest BCUT2D eigenvalue weighted by atomic mass is 10.1. The SMILES string of the molecule is CCCCC/C=C\C/C=C\C/C=C\C/C=C\C/C=C\CCC(=O)O[C@H](COC(=O)CCC/C=C\C/C=C\C/C=C\C/C=C\CCCCC)COC(=O)CCCCCCCCCCC/C=C\CCCCCCCC. The zero-order valence-electron chi connectivity index (χ0n) is 47.4. The summed E-state index contributed by atoms with van der Waals surface area (Å²) in [6.45, 7) is 6.47. The number of rotatable bonds is 53. The normalized spacial score (nSPS) is 13.0.